The maximum absolute atomic E-state index is 3.61. The van der Waals surface area contributed by atoms with Crippen molar-refractivity contribution in [2.45, 2.75) is 54.9 Å². The smallest absolute Gasteiger partial charge is 0.00447 e. The van der Waals surface area contributed by atoms with E-state index in [1.807, 2.05) is 0 Å². The molecule has 0 saturated heterocycles. The second-order valence-corrected chi connectivity index (χ2v) is 7.44. The first-order valence-corrected chi connectivity index (χ1v) is 9.00. The van der Waals surface area contributed by atoms with Gasteiger partial charge in [0.25, 0.3) is 0 Å². The predicted molar refractivity (Wildman–Crippen MR) is 96.0 cm³/mol. The fraction of sp³-hybridized carbons (Fsp3) is 1.00. The summed E-state index contributed by atoms with van der Waals surface area (Å²) in [5, 5.41) is 3.61. The molecule has 0 radical (unpaired) electrons. The van der Waals surface area contributed by atoms with Gasteiger partial charge in [-0.1, -0.05) is 48.5 Å². The zero-order valence-corrected chi connectivity index (χ0v) is 15.8. The van der Waals surface area contributed by atoms with Crippen molar-refractivity contribution < 1.29 is 0 Å². The van der Waals surface area contributed by atoms with Crippen LogP contribution in [0, 0.1) is 11.3 Å². The molecule has 0 rings (SSSR count). The molecule has 0 unspecified atom stereocenters. The molecular weight excluding hydrogens is 258 g/mol. The molecule has 0 bridgehead atoms. The second-order valence-electron chi connectivity index (χ2n) is 7.44. The molecule has 3 heteroatoms. The van der Waals surface area contributed by atoms with E-state index in [0.717, 1.165) is 25.6 Å². The molecule has 1 N–H and O–H groups in total. The van der Waals surface area contributed by atoms with Gasteiger partial charge in [-0.2, -0.15) is 0 Å². The zero-order valence-electron chi connectivity index (χ0n) is 15.8. The molecule has 0 aromatic carbocycles. The maximum Gasteiger partial charge on any atom is 0.00447 e. The van der Waals surface area contributed by atoms with Gasteiger partial charge >= 0.3 is 0 Å². The first kappa shape index (κ1) is 20.9. The molecule has 0 heterocycles. The highest BCUT2D eigenvalue weighted by Gasteiger charge is 2.20. The van der Waals surface area contributed by atoms with Gasteiger partial charge in [0.05, 0.1) is 0 Å². The molecule has 0 aliphatic rings. The summed E-state index contributed by atoms with van der Waals surface area (Å²) in [7, 11) is 0. The monoisotopic (exact) mass is 299 g/mol. The van der Waals surface area contributed by atoms with Crippen molar-refractivity contribution in [2.75, 3.05) is 52.4 Å². The minimum Gasteiger partial charge on any atom is -0.316 e. The third-order valence-corrected chi connectivity index (χ3v) is 4.10. The van der Waals surface area contributed by atoms with Crippen LogP contribution in [0.5, 0.6) is 0 Å². The average molecular weight is 300 g/mol. The average Bonchev–Trinajstić information content (AvgIpc) is 2.41. The van der Waals surface area contributed by atoms with Crippen molar-refractivity contribution in [1.29, 1.82) is 0 Å². The summed E-state index contributed by atoms with van der Waals surface area (Å²) in [6.07, 6.45) is 1.28. The van der Waals surface area contributed by atoms with Gasteiger partial charge < -0.3 is 15.1 Å². The van der Waals surface area contributed by atoms with Gasteiger partial charge in [-0.15, -0.1) is 0 Å². The SMILES string of the molecule is CCN(CC)CCCN(CC)CC(C)(C)CNCC(C)C. The topological polar surface area (TPSA) is 18.5 Å². The molecule has 0 amide bonds. The molecule has 0 fully saturated rings. The van der Waals surface area contributed by atoms with Crippen molar-refractivity contribution in [3.63, 3.8) is 0 Å². The van der Waals surface area contributed by atoms with E-state index in [1.165, 1.54) is 39.1 Å². The van der Waals surface area contributed by atoms with Crippen LogP contribution in [0.3, 0.4) is 0 Å². The Morgan fingerprint density at radius 1 is 0.905 bits per heavy atom. The molecular formula is C18H41N3. The molecule has 0 atom stereocenters. The van der Waals surface area contributed by atoms with Crippen LogP contribution in [-0.2, 0) is 0 Å². The largest absolute Gasteiger partial charge is 0.316 e. The molecule has 128 valence electrons. The third-order valence-electron chi connectivity index (χ3n) is 4.10. The van der Waals surface area contributed by atoms with Gasteiger partial charge in [0.15, 0.2) is 0 Å². The van der Waals surface area contributed by atoms with Gasteiger partial charge in [0.2, 0.25) is 0 Å². The Hall–Kier alpha value is -0.120. The predicted octanol–water partition coefficient (Wildman–Crippen LogP) is 3.31. The molecule has 0 aliphatic heterocycles. The lowest BCUT2D eigenvalue weighted by Crippen LogP contribution is -2.42. The van der Waals surface area contributed by atoms with E-state index in [0.29, 0.717) is 5.41 Å². The highest BCUT2D eigenvalue weighted by Crippen LogP contribution is 2.16. The highest BCUT2D eigenvalue weighted by atomic mass is 15.1. The Balaban J connectivity index is 4.04. The van der Waals surface area contributed by atoms with Gasteiger partial charge in [-0.25, -0.2) is 0 Å². The van der Waals surface area contributed by atoms with E-state index < -0.39 is 0 Å². The Bertz CT molecular complexity index is 235. The first-order chi connectivity index (χ1) is 9.84. The van der Waals surface area contributed by atoms with Gasteiger partial charge in [-0.3, -0.25) is 0 Å². The van der Waals surface area contributed by atoms with E-state index in [2.05, 4.69) is 63.6 Å². The van der Waals surface area contributed by atoms with E-state index in [-0.39, 0.29) is 0 Å². The van der Waals surface area contributed by atoms with Crippen LogP contribution in [0.15, 0.2) is 0 Å². The molecule has 0 aliphatic carbocycles. The number of rotatable bonds is 13. The van der Waals surface area contributed by atoms with Crippen LogP contribution in [0.4, 0.5) is 0 Å². The standard InChI is InChI=1S/C18H41N3/c1-8-20(9-2)12-11-13-21(10-3)16-18(6,7)15-19-14-17(4)5/h17,19H,8-16H2,1-7H3. The van der Waals surface area contributed by atoms with Gasteiger partial charge in [-0.05, 0) is 57.0 Å². The molecule has 0 aromatic rings. The first-order valence-electron chi connectivity index (χ1n) is 9.00. The Labute approximate surface area is 134 Å². The Morgan fingerprint density at radius 3 is 1.90 bits per heavy atom. The van der Waals surface area contributed by atoms with E-state index in [4.69, 9.17) is 0 Å². The van der Waals surface area contributed by atoms with Crippen molar-refractivity contribution in [3.05, 3.63) is 0 Å². The van der Waals surface area contributed by atoms with Crippen molar-refractivity contribution in [2.24, 2.45) is 11.3 Å². The number of nitrogens with zero attached hydrogens (tertiary/aromatic N) is 2. The summed E-state index contributed by atoms with van der Waals surface area (Å²) in [4.78, 5) is 5.13. The zero-order chi connectivity index (χ0) is 16.3. The van der Waals surface area contributed by atoms with Gasteiger partial charge in [0, 0.05) is 13.1 Å². The van der Waals surface area contributed by atoms with Crippen LogP contribution < -0.4 is 5.32 Å². The fourth-order valence-electron chi connectivity index (χ4n) is 2.77. The number of hydrogen-bond acceptors (Lipinski definition) is 3. The van der Waals surface area contributed by atoms with E-state index in [1.54, 1.807) is 0 Å². The molecule has 0 aromatic heterocycles. The minimum atomic E-state index is 0.347. The summed E-state index contributed by atoms with van der Waals surface area (Å²) in [6, 6.07) is 0. The quantitative estimate of drug-likeness (QED) is 0.563. The Kier molecular flexibility index (Phi) is 11.4. The van der Waals surface area contributed by atoms with Crippen molar-refractivity contribution in [3.8, 4) is 0 Å². The van der Waals surface area contributed by atoms with Crippen molar-refractivity contribution in [1.82, 2.24) is 15.1 Å². The van der Waals surface area contributed by atoms with Crippen LogP contribution in [0.1, 0.15) is 54.9 Å². The minimum absolute atomic E-state index is 0.347. The maximum atomic E-state index is 3.61. The lowest BCUT2D eigenvalue weighted by molar-refractivity contribution is 0.170. The van der Waals surface area contributed by atoms with Crippen LogP contribution >= 0.6 is 0 Å². The molecule has 21 heavy (non-hydrogen) atoms. The molecule has 0 saturated carbocycles. The summed E-state index contributed by atoms with van der Waals surface area (Å²) in [5.74, 6) is 0.733. The van der Waals surface area contributed by atoms with E-state index >= 15 is 0 Å². The van der Waals surface area contributed by atoms with Crippen molar-refractivity contribution >= 4 is 0 Å². The molecule has 0 spiro atoms. The summed E-state index contributed by atoms with van der Waals surface area (Å²) < 4.78 is 0. The lowest BCUT2D eigenvalue weighted by Gasteiger charge is -2.33. The summed E-state index contributed by atoms with van der Waals surface area (Å²) in [5.41, 5.74) is 0.347. The second kappa shape index (κ2) is 11.4. The summed E-state index contributed by atoms with van der Waals surface area (Å²) >= 11 is 0. The Morgan fingerprint density at radius 2 is 1.43 bits per heavy atom. The van der Waals surface area contributed by atoms with Crippen LogP contribution in [-0.4, -0.2) is 62.2 Å². The normalized spacial score (nSPS) is 12.9. The molecule has 3 nitrogen and oxygen atoms in total. The van der Waals surface area contributed by atoms with E-state index in [9.17, 15) is 0 Å². The van der Waals surface area contributed by atoms with Crippen LogP contribution in [0.2, 0.25) is 0 Å². The number of hydrogen-bond donors (Lipinski definition) is 1. The number of nitrogens with one attached hydrogen (secondary N) is 1. The van der Waals surface area contributed by atoms with Crippen LogP contribution in [0.25, 0.3) is 0 Å². The summed E-state index contributed by atoms with van der Waals surface area (Å²) in [6.45, 7) is 25.5. The van der Waals surface area contributed by atoms with Gasteiger partial charge in [0.1, 0.15) is 0 Å². The third kappa shape index (κ3) is 11.1. The highest BCUT2D eigenvalue weighted by molar-refractivity contribution is 4.76. The fourth-order valence-corrected chi connectivity index (χ4v) is 2.77. The lowest BCUT2D eigenvalue weighted by atomic mass is 9.92.